The lowest BCUT2D eigenvalue weighted by Gasteiger charge is -2.36. The average molecular weight is 266 g/mol. The first-order valence-electron chi connectivity index (χ1n) is 6.30. The van der Waals surface area contributed by atoms with Crippen molar-refractivity contribution in [3.8, 4) is 0 Å². The summed E-state index contributed by atoms with van der Waals surface area (Å²) in [6.45, 7) is 2.04. The van der Waals surface area contributed by atoms with Crippen molar-refractivity contribution in [3.05, 3.63) is 72.6 Å². The van der Waals surface area contributed by atoms with E-state index in [4.69, 9.17) is 0 Å². The predicted octanol–water partition coefficient (Wildman–Crippen LogP) is 2.32. The van der Waals surface area contributed by atoms with Gasteiger partial charge in [0.25, 0.3) is 0 Å². The van der Waals surface area contributed by atoms with E-state index in [1.165, 1.54) is 12.7 Å². The summed E-state index contributed by atoms with van der Waals surface area (Å²) in [5.41, 5.74) is 1.35. The fourth-order valence-corrected chi connectivity index (χ4v) is 2.66. The lowest BCUT2D eigenvalue weighted by Crippen LogP contribution is -2.32. The second-order valence-electron chi connectivity index (χ2n) is 4.97. The maximum Gasteiger partial charge on any atom is 0.115 e. The third-order valence-corrected chi connectivity index (χ3v) is 3.70. The molecule has 0 radical (unpaired) electrons. The van der Waals surface area contributed by atoms with Gasteiger partial charge >= 0.3 is 0 Å². The lowest BCUT2D eigenvalue weighted by molar-refractivity contribution is 0.317. The van der Waals surface area contributed by atoms with Crippen LogP contribution in [0.3, 0.4) is 0 Å². The fourth-order valence-electron chi connectivity index (χ4n) is 2.66. The summed E-state index contributed by atoms with van der Waals surface area (Å²) in [7, 11) is 0. The van der Waals surface area contributed by atoms with Crippen LogP contribution in [0.1, 0.15) is 24.0 Å². The normalized spacial score (nSPS) is 25.2. The van der Waals surface area contributed by atoms with Crippen LogP contribution in [0.5, 0.6) is 0 Å². The van der Waals surface area contributed by atoms with Crippen molar-refractivity contribution in [2.24, 2.45) is 0 Å². The lowest BCUT2D eigenvalue weighted by atomic mass is 9.67. The van der Waals surface area contributed by atoms with Crippen LogP contribution in [0.4, 0.5) is 0 Å². The van der Waals surface area contributed by atoms with Gasteiger partial charge in [0, 0.05) is 35.8 Å². The van der Waals surface area contributed by atoms with E-state index in [1.807, 2.05) is 19.1 Å². The number of nitrogens with zero attached hydrogens (tertiary/aromatic N) is 4. The van der Waals surface area contributed by atoms with Gasteiger partial charge < -0.3 is 5.11 Å². The van der Waals surface area contributed by atoms with Crippen molar-refractivity contribution in [1.82, 2.24) is 19.9 Å². The summed E-state index contributed by atoms with van der Waals surface area (Å²) in [6, 6.07) is 0. The van der Waals surface area contributed by atoms with Gasteiger partial charge in [0.05, 0.1) is 5.92 Å². The summed E-state index contributed by atoms with van der Waals surface area (Å²) in [5.74, 6) is 0.0355. The molecule has 0 amide bonds. The van der Waals surface area contributed by atoms with Crippen LogP contribution in [0.15, 0.2) is 61.4 Å². The fraction of sp³-hybridized carbons (Fsp3) is 0.200. The molecule has 0 aromatic carbocycles. The first-order chi connectivity index (χ1) is 9.72. The Labute approximate surface area is 116 Å². The van der Waals surface area contributed by atoms with Gasteiger partial charge in [-0.1, -0.05) is 19.1 Å². The highest BCUT2D eigenvalue weighted by atomic mass is 16.3. The van der Waals surface area contributed by atoms with Crippen LogP contribution < -0.4 is 0 Å². The van der Waals surface area contributed by atoms with E-state index in [1.54, 1.807) is 30.9 Å². The Morgan fingerprint density at radius 3 is 2.25 bits per heavy atom. The minimum Gasteiger partial charge on any atom is -0.512 e. The molecule has 2 heterocycles. The summed E-state index contributed by atoms with van der Waals surface area (Å²) in [5, 5.41) is 10.3. The molecular weight excluding hydrogens is 252 g/mol. The zero-order valence-corrected chi connectivity index (χ0v) is 11.0. The molecule has 0 bridgehead atoms. The predicted molar refractivity (Wildman–Crippen MR) is 74.0 cm³/mol. The first-order valence-corrected chi connectivity index (χ1v) is 6.30. The smallest absolute Gasteiger partial charge is 0.115 e. The number of rotatable bonds is 2. The van der Waals surface area contributed by atoms with Crippen LogP contribution in [0, 0.1) is 0 Å². The van der Waals surface area contributed by atoms with Crippen molar-refractivity contribution in [3.63, 3.8) is 0 Å². The zero-order valence-electron chi connectivity index (χ0n) is 11.0. The van der Waals surface area contributed by atoms with Crippen LogP contribution in [-0.4, -0.2) is 25.0 Å². The highest BCUT2D eigenvalue weighted by Gasteiger charge is 2.39. The number of allylic oxidation sites excluding steroid dienone is 4. The quantitative estimate of drug-likeness (QED) is 0.903. The van der Waals surface area contributed by atoms with Gasteiger partial charge in [0.15, 0.2) is 0 Å². The summed E-state index contributed by atoms with van der Waals surface area (Å²) >= 11 is 0. The Hall–Kier alpha value is -2.56. The third-order valence-electron chi connectivity index (χ3n) is 3.70. The highest BCUT2D eigenvalue weighted by Crippen LogP contribution is 2.45. The van der Waals surface area contributed by atoms with Crippen LogP contribution in [0.2, 0.25) is 0 Å². The van der Waals surface area contributed by atoms with Gasteiger partial charge in [-0.3, -0.25) is 0 Å². The summed E-state index contributed by atoms with van der Waals surface area (Å²) in [4.78, 5) is 16.3. The summed E-state index contributed by atoms with van der Waals surface area (Å²) < 4.78 is 0. The van der Waals surface area contributed by atoms with Crippen LogP contribution in [0.25, 0.3) is 0 Å². The molecule has 20 heavy (non-hydrogen) atoms. The monoisotopic (exact) mass is 266 g/mol. The molecular formula is C15H14N4O. The van der Waals surface area contributed by atoms with Gasteiger partial charge in [0.2, 0.25) is 0 Å². The molecule has 2 aromatic rings. The molecule has 2 unspecified atom stereocenters. The standard InChI is InChI=1S/C15H14N4O/c1-15(12-7-18-10-19-8-12)4-2-3-13(20)14(15)11-5-16-9-17-6-11/h2-10,14,20H,1H3. The second-order valence-corrected chi connectivity index (χ2v) is 4.97. The van der Waals surface area contributed by atoms with E-state index in [9.17, 15) is 5.11 Å². The number of aliphatic hydroxyl groups is 1. The van der Waals surface area contributed by atoms with Crippen molar-refractivity contribution < 1.29 is 5.11 Å². The molecule has 0 saturated carbocycles. The highest BCUT2D eigenvalue weighted by molar-refractivity contribution is 5.43. The van der Waals surface area contributed by atoms with E-state index in [0.717, 1.165) is 11.1 Å². The minimum absolute atomic E-state index is 0.250. The van der Waals surface area contributed by atoms with Gasteiger partial charge in [-0.2, -0.15) is 0 Å². The number of aliphatic hydroxyl groups excluding tert-OH is 1. The topological polar surface area (TPSA) is 71.8 Å². The van der Waals surface area contributed by atoms with Crippen molar-refractivity contribution >= 4 is 0 Å². The van der Waals surface area contributed by atoms with E-state index in [0.29, 0.717) is 0 Å². The number of hydrogen-bond acceptors (Lipinski definition) is 5. The molecule has 0 saturated heterocycles. The molecule has 1 aliphatic carbocycles. The molecule has 100 valence electrons. The van der Waals surface area contributed by atoms with E-state index in [2.05, 4.69) is 19.9 Å². The second kappa shape index (κ2) is 4.85. The molecule has 3 rings (SSSR count). The SMILES string of the molecule is CC1(c2cncnc2)C=CC=C(O)C1c1cncnc1. The van der Waals surface area contributed by atoms with Gasteiger partial charge in [-0.05, 0) is 11.6 Å². The Morgan fingerprint density at radius 1 is 1.00 bits per heavy atom. The minimum atomic E-state index is -0.440. The summed E-state index contributed by atoms with van der Waals surface area (Å²) in [6.07, 6.45) is 15.6. The van der Waals surface area contributed by atoms with Crippen LogP contribution in [-0.2, 0) is 5.41 Å². The molecule has 0 fully saturated rings. The number of hydrogen-bond donors (Lipinski definition) is 1. The molecule has 2 atom stereocenters. The van der Waals surface area contributed by atoms with E-state index < -0.39 is 5.41 Å². The van der Waals surface area contributed by atoms with Crippen LogP contribution >= 0.6 is 0 Å². The first kappa shape index (κ1) is 12.5. The zero-order chi connectivity index (χ0) is 14.0. The molecule has 2 aromatic heterocycles. The van der Waals surface area contributed by atoms with Gasteiger partial charge in [0.1, 0.15) is 18.4 Å². The Kier molecular flexibility index (Phi) is 3.02. The molecule has 1 aliphatic rings. The maximum atomic E-state index is 10.3. The maximum absolute atomic E-state index is 10.3. The molecule has 5 nitrogen and oxygen atoms in total. The molecule has 1 N–H and O–H groups in total. The molecule has 0 aliphatic heterocycles. The van der Waals surface area contributed by atoms with Crippen molar-refractivity contribution in [2.45, 2.75) is 18.3 Å². The molecule has 0 spiro atoms. The van der Waals surface area contributed by atoms with Crippen molar-refractivity contribution in [2.75, 3.05) is 0 Å². The van der Waals surface area contributed by atoms with Gasteiger partial charge in [-0.15, -0.1) is 0 Å². The van der Waals surface area contributed by atoms with E-state index >= 15 is 0 Å². The Morgan fingerprint density at radius 2 is 1.60 bits per heavy atom. The average Bonchev–Trinajstić information content (AvgIpc) is 2.49. The number of aromatic nitrogens is 4. The third kappa shape index (κ3) is 1.97. The van der Waals surface area contributed by atoms with E-state index in [-0.39, 0.29) is 11.7 Å². The largest absolute Gasteiger partial charge is 0.512 e. The van der Waals surface area contributed by atoms with Gasteiger partial charge in [-0.25, -0.2) is 19.9 Å². The van der Waals surface area contributed by atoms with Crippen molar-refractivity contribution in [1.29, 1.82) is 0 Å². The Balaban J connectivity index is 2.14. The Bertz CT molecular complexity index is 654. The molecule has 5 heteroatoms.